The second kappa shape index (κ2) is 14.2. The van der Waals surface area contributed by atoms with E-state index in [2.05, 4.69) is 181 Å². The summed E-state index contributed by atoms with van der Waals surface area (Å²) in [6, 6.07) is 74.0. The average molecular weight is 782 g/mol. The van der Waals surface area contributed by atoms with Crippen molar-refractivity contribution in [3.63, 3.8) is 0 Å². The predicted octanol–water partition coefficient (Wildman–Crippen LogP) is 15.6. The number of aromatic nitrogens is 2. The molecule has 5 heteroatoms. The number of hydrogen-bond acceptors (Lipinski definition) is 5. The van der Waals surface area contributed by atoms with E-state index >= 15 is 0 Å². The van der Waals surface area contributed by atoms with Crippen LogP contribution < -0.4 is 4.90 Å². The lowest BCUT2D eigenvalue weighted by Crippen LogP contribution is -2.09. The van der Waals surface area contributed by atoms with Crippen LogP contribution in [0.4, 0.5) is 17.1 Å². The van der Waals surface area contributed by atoms with Crippen LogP contribution in [0.5, 0.6) is 0 Å². The number of para-hydroxylation sites is 3. The maximum atomic E-state index is 6.62. The van der Waals surface area contributed by atoms with Gasteiger partial charge in [-0.05, 0) is 106 Å². The van der Waals surface area contributed by atoms with Crippen molar-refractivity contribution in [3.8, 4) is 44.9 Å². The Bertz CT molecular complexity index is 3570. The highest BCUT2D eigenvalue weighted by Gasteiger charge is 2.23. The number of furan rings is 2. The van der Waals surface area contributed by atoms with Gasteiger partial charge >= 0.3 is 0 Å². The van der Waals surface area contributed by atoms with E-state index in [-0.39, 0.29) is 0 Å². The minimum absolute atomic E-state index is 0.603. The van der Waals surface area contributed by atoms with Crippen LogP contribution in [0.1, 0.15) is 0 Å². The summed E-state index contributed by atoms with van der Waals surface area (Å²) >= 11 is 0. The van der Waals surface area contributed by atoms with Crippen molar-refractivity contribution in [3.05, 3.63) is 212 Å². The van der Waals surface area contributed by atoms with E-state index in [1.54, 1.807) is 0 Å². The molecule has 0 aliphatic carbocycles. The highest BCUT2D eigenvalue weighted by atomic mass is 16.3. The molecule has 0 radical (unpaired) electrons. The summed E-state index contributed by atoms with van der Waals surface area (Å²) in [5.41, 5.74) is 14.0. The molecule has 12 rings (SSSR count). The maximum absolute atomic E-state index is 6.62. The Hall–Kier alpha value is -8.28. The third kappa shape index (κ3) is 6.02. The van der Waals surface area contributed by atoms with Crippen LogP contribution in [-0.4, -0.2) is 9.97 Å². The number of benzene rings is 9. The topological polar surface area (TPSA) is 55.3 Å². The van der Waals surface area contributed by atoms with E-state index in [1.807, 2.05) is 36.4 Å². The quantitative estimate of drug-likeness (QED) is 0.161. The largest absolute Gasteiger partial charge is 0.456 e. The van der Waals surface area contributed by atoms with E-state index in [9.17, 15) is 0 Å². The number of nitrogens with zero attached hydrogens (tertiary/aromatic N) is 3. The van der Waals surface area contributed by atoms with Crippen molar-refractivity contribution in [1.82, 2.24) is 9.97 Å². The van der Waals surface area contributed by atoms with Crippen molar-refractivity contribution in [2.24, 2.45) is 0 Å². The van der Waals surface area contributed by atoms with Gasteiger partial charge in [0.15, 0.2) is 11.4 Å². The molecule has 0 aliphatic rings. The van der Waals surface area contributed by atoms with Gasteiger partial charge in [-0.3, -0.25) is 0 Å². The molecule has 0 aliphatic heterocycles. The molecule has 0 spiro atoms. The Morgan fingerprint density at radius 3 is 1.66 bits per heavy atom. The van der Waals surface area contributed by atoms with Gasteiger partial charge in [-0.15, -0.1) is 0 Å². The molecule has 0 atom stereocenters. The van der Waals surface area contributed by atoms with Gasteiger partial charge in [0.05, 0.1) is 0 Å². The van der Waals surface area contributed by atoms with E-state index in [0.29, 0.717) is 11.4 Å². The summed E-state index contributed by atoms with van der Waals surface area (Å²) < 4.78 is 13.2. The minimum atomic E-state index is 0.603. The molecule has 0 N–H and O–H groups in total. The summed E-state index contributed by atoms with van der Waals surface area (Å²) in [6.45, 7) is 0. The molecule has 61 heavy (non-hydrogen) atoms. The van der Waals surface area contributed by atoms with Gasteiger partial charge in [0, 0.05) is 44.3 Å². The second-order valence-electron chi connectivity index (χ2n) is 15.4. The van der Waals surface area contributed by atoms with Crippen molar-refractivity contribution in [2.75, 3.05) is 4.90 Å². The zero-order valence-corrected chi connectivity index (χ0v) is 32.9. The average Bonchev–Trinajstić information content (AvgIpc) is 3.91. The molecule has 9 aromatic carbocycles. The third-order valence-corrected chi connectivity index (χ3v) is 11.7. The molecule has 3 heterocycles. The normalized spacial score (nSPS) is 11.6. The zero-order chi connectivity index (χ0) is 40.3. The fourth-order valence-corrected chi connectivity index (χ4v) is 8.70. The molecule has 0 fully saturated rings. The number of hydrogen-bond donors (Lipinski definition) is 0. The van der Waals surface area contributed by atoms with Crippen LogP contribution in [0.3, 0.4) is 0 Å². The number of rotatable bonds is 7. The first kappa shape index (κ1) is 34.7. The molecule has 5 nitrogen and oxygen atoms in total. The van der Waals surface area contributed by atoms with Gasteiger partial charge in [-0.2, -0.15) is 0 Å². The van der Waals surface area contributed by atoms with Crippen LogP contribution in [0.15, 0.2) is 221 Å². The van der Waals surface area contributed by atoms with Gasteiger partial charge in [-0.25, -0.2) is 9.97 Å². The fourth-order valence-electron chi connectivity index (χ4n) is 8.70. The summed E-state index contributed by atoms with van der Waals surface area (Å²) in [7, 11) is 0. The van der Waals surface area contributed by atoms with Crippen molar-refractivity contribution >= 4 is 71.8 Å². The molecular weight excluding hydrogens is 747 g/mol. The molecule has 12 aromatic rings. The van der Waals surface area contributed by atoms with Crippen molar-refractivity contribution in [1.29, 1.82) is 0 Å². The molecule has 286 valence electrons. The minimum Gasteiger partial charge on any atom is -0.456 e. The Kier molecular flexibility index (Phi) is 8.10. The first-order valence-electron chi connectivity index (χ1n) is 20.5. The van der Waals surface area contributed by atoms with Gasteiger partial charge in [0.25, 0.3) is 0 Å². The van der Waals surface area contributed by atoms with E-state index < -0.39 is 0 Å². The van der Waals surface area contributed by atoms with Gasteiger partial charge in [0.2, 0.25) is 0 Å². The molecule has 0 bridgehead atoms. The van der Waals surface area contributed by atoms with Crippen LogP contribution in [-0.2, 0) is 0 Å². The highest BCUT2D eigenvalue weighted by Crippen LogP contribution is 2.43. The lowest BCUT2D eigenvalue weighted by molar-refractivity contribution is 0.667. The van der Waals surface area contributed by atoms with Crippen LogP contribution in [0, 0.1) is 0 Å². The Morgan fingerprint density at radius 1 is 0.361 bits per heavy atom. The van der Waals surface area contributed by atoms with Gasteiger partial charge < -0.3 is 13.7 Å². The predicted molar refractivity (Wildman–Crippen MR) is 251 cm³/mol. The third-order valence-electron chi connectivity index (χ3n) is 11.7. The molecule has 0 amide bonds. The smallest absolute Gasteiger partial charge is 0.180 e. The van der Waals surface area contributed by atoms with E-state index in [0.717, 1.165) is 88.8 Å². The number of anilines is 3. The fraction of sp³-hybridized carbons (Fsp3) is 0. The second-order valence-corrected chi connectivity index (χ2v) is 15.4. The Labute approximate surface area is 351 Å². The van der Waals surface area contributed by atoms with Crippen LogP contribution >= 0.6 is 0 Å². The standard InChI is InChI=1S/C56H35N3O2/c1-3-13-36(14-4-1)38-25-29-44(30-26-38)59(43-17-5-2-6-18-43)45-31-27-39(28-32-45)42-34-48(52-46-19-9-11-21-49(46)60-51(52)35-42)56-57-53(41-24-23-37-15-7-8-16-40(37)33-41)55-54(58-56)47-20-10-12-22-50(47)61-55/h1-35H. The van der Waals surface area contributed by atoms with Crippen molar-refractivity contribution < 1.29 is 8.83 Å². The first-order valence-corrected chi connectivity index (χ1v) is 20.5. The SMILES string of the molecule is c1ccc(-c2ccc(N(c3ccccc3)c3ccc(-c4cc(-c5nc(-c6ccc7ccccc7c6)c6oc7ccccc7c6n5)c5c(c4)oc4ccccc45)cc3)cc2)cc1. The zero-order valence-electron chi connectivity index (χ0n) is 32.9. The van der Waals surface area contributed by atoms with Gasteiger partial charge in [0.1, 0.15) is 28.0 Å². The lowest BCUT2D eigenvalue weighted by Gasteiger charge is -2.26. The molecule has 3 aromatic heterocycles. The summed E-state index contributed by atoms with van der Waals surface area (Å²) in [5.74, 6) is 0.603. The molecule has 0 unspecified atom stereocenters. The Morgan fingerprint density at radius 2 is 0.918 bits per heavy atom. The van der Waals surface area contributed by atoms with E-state index in [4.69, 9.17) is 18.8 Å². The monoisotopic (exact) mass is 781 g/mol. The van der Waals surface area contributed by atoms with Crippen molar-refractivity contribution in [2.45, 2.75) is 0 Å². The lowest BCUT2D eigenvalue weighted by atomic mass is 9.97. The molecule has 0 saturated carbocycles. The summed E-state index contributed by atoms with van der Waals surface area (Å²) in [5, 5.41) is 5.23. The maximum Gasteiger partial charge on any atom is 0.180 e. The number of fused-ring (bicyclic) bond motifs is 7. The molecular formula is C56H35N3O2. The van der Waals surface area contributed by atoms with Crippen LogP contribution in [0.25, 0.3) is 99.7 Å². The van der Waals surface area contributed by atoms with E-state index in [1.165, 1.54) is 16.5 Å². The highest BCUT2D eigenvalue weighted by molar-refractivity contribution is 6.14. The molecule has 0 saturated heterocycles. The summed E-state index contributed by atoms with van der Waals surface area (Å²) in [4.78, 5) is 13.0. The van der Waals surface area contributed by atoms with Crippen LogP contribution in [0.2, 0.25) is 0 Å². The first-order chi connectivity index (χ1) is 30.2. The Balaban J connectivity index is 1.02. The van der Waals surface area contributed by atoms with Gasteiger partial charge in [-0.1, -0.05) is 140 Å². The summed E-state index contributed by atoms with van der Waals surface area (Å²) in [6.07, 6.45) is 0.